The minimum absolute atomic E-state index is 0.159. The van der Waals surface area contributed by atoms with Crippen LogP contribution in [0.15, 0.2) is 0 Å². The van der Waals surface area contributed by atoms with E-state index in [4.69, 9.17) is 5.73 Å². The van der Waals surface area contributed by atoms with Crippen LogP contribution >= 0.6 is 0 Å². The molecule has 14 heavy (non-hydrogen) atoms. The van der Waals surface area contributed by atoms with Crippen molar-refractivity contribution in [3.8, 4) is 0 Å². The van der Waals surface area contributed by atoms with Gasteiger partial charge in [-0.15, -0.1) is 0 Å². The van der Waals surface area contributed by atoms with Crippen molar-refractivity contribution in [1.29, 1.82) is 0 Å². The summed E-state index contributed by atoms with van der Waals surface area (Å²) in [6, 6.07) is 0.237. The molecule has 1 fully saturated rings. The number of amides is 2. The van der Waals surface area contributed by atoms with E-state index in [1.54, 1.807) is 4.90 Å². The van der Waals surface area contributed by atoms with Crippen molar-refractivity contribution in [3.63, 3.8) is 0 Å². The smallest absolute Gasteiger partial charge is 0.405 e. The second-order valence-electron chi connectivity index (χ2n) is 3.60. The molecule has 2 N–H and O–H groups in total. The van der Waals surface area contributed by atoms with Gasteiger partial charge in [0.1, 0.15) is 0 Å². The van der Waals surface area contributed by atoms with Crippen molar-refractivity contribution in [1.82, 2.24) is 4.90 Å². The molecule has 0 unspecified atom stereocenters. The van der Waals surface area contributed by atoms with Gasteiger partial charge in [-0.2, -0.15) is 0 Å². The molecular formula is C9H16N2O3. The molecule has 2 amide bonds. The summed E-state index contributed by atoms with van der Waals surface area (Å²) in [6.07, 6.45) is 0.344. The summed E-state index contributed by atoms with van der Waals surface area (Å²) >= 11 is 0. The Morgan fingerprint density at radius 3 is 2.64 bits per heavy atom. The predicted octanol–water partition coefficient (Wildman–Crippen LogP) is 0.481. The fourth-order valence-electron chi connectivity index (χ4n) is 1.72. The molecule has 2 atom stereocenters. The third-order valence-electron chi connectivity index (χ3n) is 2.48. The van der Waals surface area contributed by atoms with Gasteiger partial charge in [0.15, 0.2) is 6.10 Å². The van der Waals surface area contributed by atoms with Crippen molar-refractivity contribution >= 4 is 12.0 Å². The molecule has 0 aromatic rings. The number of hydrogen-bond acceptors (Lipinski definition) is 3. The molecule has 0 spiro atoms. The number of carbonyl (C=O) groups excluding carboxylic acids is 2. The highest BCUT2D eigenvalue weighted by molar-refractivity contribution is 5.83. The molecule has 1 aliphatic rings. The van der Waals surface area contributed by atoms with Crippen molar-refractivity contribution in [2.45, 2.75) is 38.8 Å². The van der Waals surface area contributed by atoms with Crippen molar-refractivity contribution in [3.05, 3.63) is 0 Å². The number of ether oxygens (including phenoxy) is 1. The fraction of sp³-hybridized carbons (Fsp3) is 0.778. The maximum Gasteiger partial charge on any atom is 0.405 e. The highest BCUT2D eigenvalue weighted by Crippen LogP contribution is 2.17. The van der Waals surface area contributed by atoms with E-state index in [9.17, 15) is 9.59 Å². The van der Waals surface area contributed by atoms with Crippen LogP contribution in [0.3, 0.4) is 0 Å². The summed E-state index contributed by atoms with van der Waals surface area (Å²) in [5.41, 5.74) is 4.83. The Hall–Kier alpha value is -1.26. The number of hydrogen-bond donors (Lipinski definition) is 1. The molecule has 0 radical (unpaired) electrons. The van der Waals surface area contributed by atoms with E-state index in [1.807, 2.05) is 6.92 Å². The summed E-state index contributed by atoms with van der Waals surface area (Å²) in [5, 5.41) is 0. The molecule has 5 nitrogen and oxygen atoms in total. The molecule has 0 aliphatic carbocycles. The van der Waals surface area contributed by atoms with Crippen LogP contribution in [-0.2, 0) is 9.53 Å². The van der Waals surface area contributed by atoms with Gasteiger partial charge in [-0.3, -0.25) is 4.79 Å². The minimum Gasteiger partial charge on any atom is -0.437 e. The Morgan fingerprint density at radius 1 is 1.57 bits per heavy atom. The molecule has 0 aromatic heterocycles. The quantitative estimate of drug-likeness (QED) is 0.704. The minimum atomic E-state index is -0.905. The lowest BCUT2D eigenvalue weighted by atomic mass is 10.2. The first-order chi connectivity index (χ1) is 6.52. The number of nitrogens with two attached hydrogens (primary N) is 1. The van der Waals surface area contributed by atoms with E-state index in [2.05, 4.69) is 4.74 Å². The number of likely N-dealkylation sites (tertiary alicyclic amines) is 1. The van der Waals surface area contributed by atoms with Crippen LogP contribution in [0.5, 0.6) is 0 Å². The van der Waals surface area contributed by atoms with E-state index in [-0.39, 0.29) is 11.9 Å². The van der Waals surface area contributed by atoms with E-state index < -0.39 is 12.2 Å². The Kier molecular flexibility index (Phi) is 3.33. The zero-order valence-corrected chi connectivity index (χ0v) is 8.53. The zero-order chi connectivity index (χ0) is 10.7. The third-order valence-corrected chi connectivity index (χ3v) is 2.48. The summed E-state index contributed by atoms with van der Waals surface area (Å²) in [7, 11) is 0. The van der Waals surface area contributed by atoms with Crippen LogP contribution < -0.4 is 5.73 Å². The first-order valence-corrected chi connectivity index (χ1v) is 4.79. The van der Waals surface area contributed by atoms with Crippen LogP contribution in [0.1, 0.15) is 26.7 Å². The van der Waals surface area contributed by atoms with Gasteiger partial charge in [0, 0.05) is 12.6 Å². The first-order valence-electron chi connectivity index (χ1n) is 4.79. The highest BCUT2D eigenvalue weighted by Gasteiger charge is 2.29. The normalized spacial score (nSPS) is 23.3. The lowest BCUT2D eigenvalue weighted by molar-refractivity contribution is -0.139. The van der Waals surface area contributed by atoms with Gasteiger partial charge in [0.2, 0.25) is 0 Å². The van der Waals surface area contributed by atoms with Crippen LogP contribution in [0.4, 0.5) is 4.79 Å². The number of rotatable bonds is 2. The van der Waals surface area contributed by atoms with Gasteiger partial charge in [-0.1, -0.05) is 0 Å². The summed E-state index contributed by atoms with van der Waals surface area (Å²) < 4.78 is 4.62. The molecule has 5 heteroatoms. The second-order valence-corrected chi connectivity index (χ2v) is 3.60. The van der Waals surface area contributed by atoms with Crippen molar-refractivity contribution in [2.75, 3.05) is 6.54 Å². The molecule has 0 aromatic carbocycles. The van der Waals surface area contributed by atoms with Gasteiger partial charge in [-0.25, -0.2) is 4.79 Å². The standard InChI is InChI=1S/C9H16N2O3/c1-6-4-3-5-11(6)8(12)7(2)14-9(10)13/h6-7H,3-5H2,1-2H3,(H2,10,13)/t6-,7+/m0/s1. The Morgan fingerprint density at radius 2 is 2.21 bits per heavy atom. The SMILES string of the molecule is C[C@@H](OC(N)=O)C(=O)N1CCC[C@@H]1C. The maximum atomic E-state index is 11.7. The third kappa shape index (κ3) is 2.37. The topological polar surface area (TPSA) is 72.6 Å². The number of carbonyl (C=O) groups is 2. The Bertz CT molecular complexity index is 242. The van der Waals surface area contributed by atoms with Gasteiger partial charge in [0.25, 0.3) is 5.91 Å². The van der Waals surface area contributed by atoms with E-state index in [0.717, 1.165) is 19.4 Å². The van der Waals surface area contributed by atoms with Gasteiger partial charge in [-0.05, 0) is 26.7 Å². The summed E-state index contributed by atoms with van der Waals surface area (Å²) in [5.74, 6) is -0.159. The van der Waals surface area contributed by atoms with Gasteiger partial charge < -0.3 is 15.4 Å². The summed E-state index contributed by atoms with van der Waals surface area (Å²) in [6.45, 7) is 4.27. The molecule has 0 bridgehead atoms. The molecule has 1 saturated heterocycles. The van der Waals surface area contributed by atoms with Crippen LogP contribution in [0.2, 0.25) is 0 Å². The number of primary amides is 1. The second kappa shape index (κ2) is 4.30. The largest absolute Gasteiger partial charge is 0.437 e. The molecule has 0 saturated carbocycles. The van der Waals surface area contributed by atoms with E-state index in [1.165, 1.54) is 6.92 Å². The van der Waals surface area contributed by atoms with Crippen LogP contribution in [0.25, 0.3) is 0 Å². The Balaban J connectivity index is 2.51. The maximum absolute atomic E-state index is 11.7. The van der Waals surface area contributed by atoms with Crippen LogP contribution in [-0.4, -0.2) is 35.6 Å². The predicted molar refractivity (Wildman–Crippen MR) is 50.5 cm³/mol. The Labute approximate surface area is 83.2 Å². The molecule has 1 heterocycles. The van der Waals surface area contributed by atoms with E-state index >= 15 is 0 Å². The lowest BCUT2D eigenvalue weighted by Crippen LogP contribution is -2.42. The summed E-state index contributed by atoms with van der Waals surface area (Å²) in [4.78, 5) is 23.9. The highest BCUT2D eigenvalue weighted by atomic mass is 16.6. The monoisotopic (exact) mass is 200 g/mol. The molecule has 80 valence electrons. The lowest BCUT2D eigenvalue weighted by Gasteiger charge is -2.24. The van der Waals surface area contributed by atoms with Crippen LogP contribution in [0, 0.1) is 0 Å². The van der Waals surface area contributed by atoms with Gasteiger partial charge in [0.05, 0.1) is 0 Å². The van der Waals surface area contributed by atoms with Crippen molar-refractivity contribution < 1.29 is 14.3 Å². The molecule has 1 rings (SSSR count). The average molecular weight is 200 g/mol. The van der Waals surface area contributed by atoms with Crippen molar-refractivity contribution in [2.24, 2.45) is 5.73 Å². The fourth-order valence-corrected chi connectivity index (χ4v) is 1.72. The van der Waals surface area contributed by atoms with Gasteiger partial charge >= 0.3 is 6.09 Å². The number of nitrogens with zero attached hydrogens (tertiary/aromatic N) is 1. The average Bonchev–Trinajstić information content (AvgIpc) is 2.48. The first kappa shape index (κ1) is 10.8. The molecule has 1 aliphatic heterocycles. The zero-order valence-electron chi connectivity index (χ0n) is 8.53. The van der Waals surface area contributed by atoms with E-state index in [0.29, 0.717) is 0 Å². The molecular weight excluding hydrogens is 184 g/mol.